The van der Waals surface area contributed by atoms with Crippen LogP contribution in [-0.2, 0) is 0 Å². The topological polar surface area (TPSA) is 46.2 Å². The van der Waals surface area contributed by atoms with E-state index in [4.69, 9.17) is 5.73 Å². The summed E-state index contributed by atoms with van der Waals surface area (Å²) in [6, 6.07) is 0. The minimum absolute atomic E-state index is 0.124. The van der Waals surface area contributed by atoms with Gasteiger partial charge in [0.15, 0.2) is 0 Å². The average molecular weight is 298 g/mol. The minimum Gasteiger partial charge on any atom is -0.393 e. The molecule has 1 unspecified atom stereocenters. The fourth-order valence-electron chi connectivity index (χ4n) is 2.59. The lowest BCUT2D eigenvalue weighted by molar-refractivity contribution is 0.164. The highest BCUT2D eigenvalue weighted by atomic mass is 16.3. The van der Waals surface area contributed by atoms with Gasteiger partial charge in [-0.3, -0.25) is 0 Å². The van der Waals surface area contributed by atoms with Crippen molar-refractivity contribution in [3.05, 3.63) is 12.2 Å². The molecule has 0 aliphatic heterocycles. The summed E-state index contributed by atoms with van der Waals surface area (Å²) in [7, 11) is 0. The maximum atomic E-state index is 9.78. The lowest BCUT2D eigenvalue weighted by Crippen LogP contribution is -2.04. The third-order valence-electron chi connectivity index (χ3n) is 4.04. The monoisotopic (exact) mass is 297 g/mol. The van der Waals surface area contributed by atoms with Crippen molar-refractivity contribution in [1.82, 2.24) is 0 Å². The van der Waals surface area contributed by atoms with Gasteiger partial charge in [-0.05, 0) is 38.6 Å². The van der Waals surface area contributed by atoms with Gasteiger partial charge < -0.3 is 10.8 Å². The van der Waals surface area contributed by atoms with Gasteiger partial charge in [0.2, 0.25) is 0 Å². The first-order valence-corrected chi connectivity index (χ1v) is 9.34. The van der Waals surface area contributed by atoms with E-state index in [1.807, 2.05) is 0 Å². The molecule has 0 saturated heterocycles. The quantitative estimate of drug-likeness (QED) is 0.298. The Bertz CT molecular complexity index is 216. The Hall–Kier alpha value is -0.340. The van der Waals surface area contributed by atoms with Crippen LogP contribution in [0, 0.1) is 0 Å². The van der Waals surface area contributed by atoms with Crippen LogP contribution in [0.2, 0.25) is 0 Å². The fraction of sp³-hybridized carbons (Fsp3) is 0.895. The molecule has 21 heavy (non-hydrogen) atoms. The van der Waals surface area contributed by atoms with Gasteiger partial charge in [-0.1, -0.05) is 76.9 Å². The van der Waals surface area contributed by atoms with Gasteiger partial charge in [0.25, 0.3) is 0 Å². The van der Waals surface area contributed by atoms with Gasteiger partial charge in [0.1, 0.15) is 0 Å². The first-order valence-electron chi connectivity index (χ1n) is 9.34. The van der Waals surface area contributed by atoms with Crippen LogP contribution in [0.1, 0.15) is 96.8 Å². The highest BCUT2D eigenvalue weighted by molar-refractivity contribution is 4.83. The molecule has 1 atom stereocenters. The van der Waals surface area contributed by atoms with Crippen LogP contribution < -0.4 is 5.73 Å². The second kappa shape index (κ2) is 17.7. The van der Waals surface area contributed by atoms with Gasteiger partial charge in [-0.15, -0.1) is 0 Å². The smallest absolute Gasteiger partial charge is 0.0574 e. The molecule has 0 amide bonds. The molecule has 2 heteroatoms. The van der Waals surface area contributed by atoms with Crippen LogP contribution in [-0.4, -0.2) is 17.8 Å². The second-order valence-electron chi connectivity index (χ2n) is 6.26. The van der Waals surface area contributed by atoms with E-state index in [1.165, 1.54) is 70.6 Å². The Balaban J connectivity index is 3.17. The van der Waals surface area contributed by atoms with Crippen LogP contribution in [0.15, 0.2) is 12.2 Å². The van der Waals surface area contributed by atoms with E-state index in [1.54, 1.807) is 0 Å². The van der Waals surface area contributed by atoms with Crippen molar-refractivity contribution in [3.8, 4) is 0 Å². The summed E-state index contributed by atoms with van der Waals surface area (Å²) < 4.78 is 0. The predicted octanol–water partition coefficient (Wildman–Crippen LogP) is 5.34. The summed E-state index contributed by atoms with van der Waals surface area (Å²) in [6.07, 6.45) is 21.5. The maximum absolute atomic E-state index is 9.78. The SMILES string of the molecule is CCCCCC(O)C/C=C/CCCCCCCCCCN. The molecule has 0 aliphatic carbocycles. The Morgan fingerprint density at radius 2 is 1.43 bits per heavy atom. The van der Waals surface area contributed by atoms with Gasteiger partial charge in [0.05, 0.1) is 6.10 Å². The van der Waals surface area contributed by atoms with Gasteiger partial charge in [-0.25, -0.2) is 0 Å². The van der Waals surface area contributed by atoms with E-state index < -0.39 is 0 Å². The summed E-state index contributed by atoms with van der Waals surface area (Å²) >= 11 is 0. The summed E-state index contributed by atoms with van der Waals surface area (Å²) in [5.74, 6) is 0. The van der Waals surface area contributed by atoms with Gasteiger partial charge in [0, 0.05) is 0 Å². The van der Waals surface area contributed by atoms with Crippen molar-refractivity contribution in [2.24, 2.45) is 5.73 Å². The standard InChI is InChI=1S/C19H39NO/c1-2-3-13-16-19(21)17-14-11-9-7-5-4-6-8-10-12-15-18-20/h11,14,19,21H,2-10,12-13,15-18,20H2,1H3/b14-11+. The minimum atomic E-state index is -0.124. The third kappa shape index (κ3) is 17.6. The number of rotatable bonds is 16. The number of hydrogen-bond donors (Lipinski definition) is 2. The number of hydrogen-bond acceptors (Lipinski definition) is 2. The van der Waals surface area contributed by atoms with Crippen molar-refractivity contribution in [1.29, 1.82) is 0 Å². The Morgan fingerprint density at radius 3 is 2.05 bits per heavy atom. The molecule has 0 bridgehead atoms. The van der Waals surface area contributed by atoms with Crippen molar-refractivity contribution >= 4 is 0 Å². The molecule has 0 aromatic heterocycles. The van der Waals surface area contributed by atoms with Crippen LogP contribution in [0.4, 0.5) is 0 Å². The zero-order valence-corrected chi connectivity index (χ0v) is 14.4. The van der Waals surface area contributed by atoms with E-state index in [9.17, 15) is 5.11 Å². The lowest BCUT2D eigenvalue weighted by Gasteiger charge is -2.06. The number of allylic oxidation sites excluding steroid dienone is 1. The molecule has 0 spiro atoms. The molecule has 2 nitrogen and oxygen atoms in total. The molecule has 3 N–H and O–H groups in total. The van der Waals surface area contributed by atoms with Crippen molar-refractivity contribution in [2.75, 3.05) is 6.54 Å². The molecular formula is C19H39NO. The Labute approximate surface area is 133 Å². The summed E-state index contributed by atoms with van der Waals surface area (Å²) in [6.45, 7) is 3.05. The number of aliphatic hydroxyl groups excluding tert-OH is 1. The fourth-order valence-corrected chi connectivity index (χ4v) is 2.59. The average Bonchev–Trinajstić information content (AvgIpc) is 2.48. The number of nitrogens with two attached hydrogens (primary N) is 1. The summed E-state index contributed by atoms with van der Waals surface area (Å²) in [5.41, 5.74) is 5.48. The molecule has 0 aromatic carbocycles. The zero-order valence-electron chi connectivity index (χ0n) is 14.4. The van der Waals surface area contributed by atoms with E-state index in [2.05, 4.69) is 19.1 Å². The zero-order chi connectivity index (χ0) is 15.6. The Kier molecular flexibility index (Phi) is 17.4. The van der Waals surface area contributed by atoms with E-state index in [0.717, 1.165) is 25.8 Å². The van der Waals surface area contributed by atoms with Crippen LogP contribution in [0.3, 0.4) is 0 Å². The Morgan fingerprint density at radius 1 is 0.810 bits per heavy atom. The van der Waals surface area contributed by atoms with E-state index in [-0.39, 0.29) is 6.10 Å². The van der Waals surface area contributed by atoms with Crippen LogP contribution in [0.25, 0.3) is 0 Å². The van der Waals surface area contributed by atoms with Gasteiger partial charge >= 0.3 is 0 Å². The van der Waals surface area contributed by atoms with Crippen LogP contribution >= 0.6 is 0 Å². The highest BCUT2D eigenvalue weighted by Crippen LogP contribution is 2.10. The molecule has 0 aliphatic rings. The highest BCUT2D eigenvalue weighted by Gasteiger charge is 2.00. The second-order valence-corrected chi connectivity index (χ2v) is 6.26. The summed E-state index contributed by atoms with van der Waals surface area (Å²) in [5, 5.41) is 9.78. The molecule has 0 fully saturated rings. The largest absolute Gasteiger partial charge is 0.393 e. The van der Waals surface area contributed by atoms with Gasteiger partial charge in [-0.2, -0.15) is 0 Å². The molecule has 0 aromatic rings. The number of unbranched alkanes of at least 4 members (excludes halogenated alkanes) is 10. The molecule has 0 rings (SSSR count). The molecule has 0 saturated carbocycles. The third-order valence-corrected chi connectivity index (χ3v) is 4.04. The first kappa shape index (κ1) is 20.7. The van der Waals surface area contributed by atoms with Crippen LogP contribution in [0.5, 0.6) is 0 Å². The normalized spacial score (nSPS) is 13.1. The lowest BCUT2D eigenvalue weighted by atomic mass is 10.1. The van der Waals surface area contributed by atoms with Crippen molar-refractivity contribution in [3.63, 3.8) is 0 Å². The van der Waals surface area contributed by atoms with E-state index in [0.29, 0.717) is 0 Å². The summed E-state index contributed by atoms with van der Waals surface area (Å²) in [4.78, 5) is 0. The maximum Gasteiger partial charge on any atom is 0.0574 e. The van der Waals surface area contributed by atoms with E-state index >= 15 is 0 Å². The van der Waals surface area contributed by atoms with Crippen molar-refractivity contribution in [2.45, 2.75) is 103 Å². The molecule has 126 valence electrons. The predicted molar refractivity (Wildman–Crippen MR) is 94.5 cm³/mol. The molecule has 0 heterocycles. The molecular weight excluding hydrogens is 258 g/mol. The number of aliphatic hydroxyl groups is 1. The first-order chi connectivity index (χ1) is 10.3. The van der Waals surface area contributed by atoms with Crippen molar-refractivity contribution < 1.29 is 5.11 Å². The molecule has 0 radical (unpaired) electrons.